The normalized spacial score (nSPS) is 29.8. The van der Waals surface area contributed by atoms with Crippen LogP contribution in [-0.2, 0) is 4.74 Å². The van der Waals surface area contributed by atoms with E-state index < -0.39 is 0 Å². The van der Waals surface area contributed by atoms with Gasteiger partial charge in [-0.3, -0.25) is 0 Å². The van der Waals surface area contributed by atoms with Gasteiger partial charge in [0.1, 0.15) is 0 Å². The molecule has 0 bridgehead atoms. The smallest absolute Gasteiger partial charge is 0.0471 e. The van der Waals surface area contributed by atoms with Crippen LogP contribution in [0.15, 0.2) is 11.6 Å². The van der Waals surface area contributed by atoms with Crippen molar-refractivity contribution in [3.05, 3.63) is 11.6 Å². The second kappa shape index (κ2) is 4.06. The van der Waals surface area contributed by atoms with Gasteiger partial charge in [0.25, 0.3) is 0 Å². The van der Waals surface area contributed by atoms with E-state index in [9.17, 15) is 0 Å². The molecule has 1 N–H and O–H groups in total. The predicted octanol–water partition coefficient (Wildman–Crippen LogP) is 1.33. The van der Waals surface area contributed by atoms with Gasteiger partial charge in [0.2, 0.25) is 0 Å². The molecule has 2 aliphatic rings. The van der Waals surface area contributed by atoms with Crippen LogP contribution in [0.2, 0.25) is 0 Å². The maximum Gasteiger partial charge on any atom is 0.0471 e. The molecule has 2 heterocycles. The molecule has 2 nitrogen and oxygen atoms in total. The Morgan fingerprint density at radius 3 is 2.83 bits per heavy atom. The van der Waals surface area contributed by atoms with Gasteiger partial charge >= 0.3 is 0 Å². The van der Waals surface area contributed by atoms with Gasteiger partial charge in [0.15, 0.2) is 0 Å². The van der Waals surface area contributed by atoms with Gasteiger partial charge in [-0.2, -0.15) is 0 Å². The van der Waals surface area contributed by atoms with Crippen molar-refractivity contribution < 1.29 is 4.74 Å². The summed E-state index contributed by atoms with van der Waals surface area (Å²) in [5.41, 5.74) is 1.61. The third kappa shape index (κ3) is 2.08. The first-order valence-electron chi connectivity index (χ1n) is 4.93. The van der Waals surface area contributed by atoms with Crippen LogP contribution in [0.1, 0.15) is 19.3 Å². The molecule has 2 rings (SSSR count). The maximum absolute atomic E-state index is 5.32. The molecule has 2 fully saturated rings. The SMILES string of the molecule is C(=C1\CCNC1)/C1CCOCC1. The van der Waals surface area contributed by atoms with E-state index in [1.807, 2.05) is 0 Å². The van der Waals surface area contributed by atoms with Gasteiger partial charge in [0.05, 0.1) is 0 Å². The number of allylic oxidation sites excluding steroid dienone is 1. The summed E-state index contributed by atoms with van der Waals surface area (Å²) in [5, 5.41) is 3.36. The topological polar surface area (TPSA) is 21.3 Å². The Labute approximate surface area is 74.0 Å². The summed E-state index contributed by atoms with van der Waals surface area (Å²) in [4.78, 5) is 0. The van der Waals surface area contributed by atoms with Crippen molar-refractivity contribution in [2.24, 2.45) is 5.92 Å². The minimum Gasteiger partial charge on any atom is -0.381 e. The van der Waals surface area contributed by atoms with E-state index in [0.29, 0.717) is 0 Å². The molecule has 2 saturated heterocycles. The number of hydrogen-bond donors (Lipinski definition) is 1. The summed E-state index contributed by atoms with van der Waals surface area (Å²) >= 11 is 0. The average Bonchev–Trinajstić information content (AvgIpc) is 2.59. The maximum atomic E-state index is 5.32. The zero-order valence-electron chi connectivity index (χ0n) is 7.51. The first kappa shape index (κ1) is 8.27. The lowest BCUT2D eigenvalue weighted by Gasteiger charge is -2.19. The molecule has 0 spiro atoms. The monoisotopic (exact) mass is 167 g/mol. The predicted molar refractivity (Wildman–Crippen MR) is 49.1 cm³/mol. The molecule has 2 heteroatoms. The molecule has 0 aromatic heterocycles. The second-order valence-electron chi connectivity index (χ2n) is 3.70. The zero-order valence-corrected chi connectivity index (χ0v) is 7.51. The third-order valence-electron chi connectivity index (χ3n) is 2.71. The van der Waals surface area contributed by atoms with Crippen LogP contribution in [0.5, 0.6) is 0 Å². The molecule has 0 radical (unpaired) electrons. The van der Waals surface area contributed by atoms with Gasteiger partial charge in [-0.15, -0.1) is 0 Å². The Balaban J connectivity index is 1.86. The van der Waals surface area contributed by atoms with Crippen molar-refractivity contribution in [3.63, 3.8) is 0 Å². The molecule has 0 atom stereocenters. The number of nitrogens with one attached hydrogen (secondary N) is 1. The number of rotatable bonds is 1. The Kier molecular flexibility index (Phi) is 2.79. The van der Waals surface area contributed by atoms with Gasteiger partial charge in [-0.05, 0) is 31.7 Å². The van der Waals surface area contributed by atoms with Crippen LogP contribution in [0.25, 0.3) is 0 Å². The highest BCUT2D eigenvalue weighted by atomic mass is 16.5. The minimum absolute atomic E-state index is 0.800. The molecule has 0 aliphatic carbocycles. The summed E-state index contributed by atoms with van der Waals surface area (Å²) in [6, 6.07) is 0. The van der Waals surface area contributed by atoms with Crippen LogP contribution in [-0.4, -0.2) is 26.3 Å². The van der Waals surface area contributed by atoms with Crippen LogP contribution >= 0.6 is 0 Å². The molecule has 0 aromatic carbocycles. The largest absolute Gasteiger partial charge is 0.381 e. The molecule has 0 unspecified atom stereocenters. The lowest BCUT2D eigenvalue weighted by Crippen LogP contribution is -2.14. The van der Waals surface area contributed by atoms with Crippen LogP contribution in [0.4, 0.5) is 0 Å². The van der Waals surface area contributed by atoms with E-state index in [2.05, 4.69) is 11.4 Å². The Morgan fingerprint density at radius 1 is 1.33 bits per heavy atom. The highest BCUT2D eigenvalue weighted by Crippen LogP contribution is 2.19. The van der Waals surface area contributed by atoms with E-state index in [-0.39, 0.29) is 0 Å². The van der Waals surface area contributed by atoms with Gasteiger partial charge in [-0.25, -0.2) is 0 Å². The molecular formula is C10H17NO. The third-order valence-corrected chi connectivity index (χ3v) is 2.71. The van der Waals surface area contributed by atoms with Crippen LogP contribution in [0, 0.1) is 5.92 Å². The minimum atomic E-state index is 0.800. The van der Waals surface area contributed by atoms with Crippen molar-refractivity contribution in [1.29, 1.82) is 0 Å². The van der Waals surface area contributed by atoms with Crippen molar-refractivity contribution in [3.8, 4) is 0 Å². The van der Waals surface area contributed by atoms with Crippen LogP contribution < -0.4 is 5.32 Å². The molecule has 0 saturated carbocycles. The first-order valence-corrected chi connectivity index (χ1v) is 4.93. The number of hydrogen-bond acceptors (Lipinski definition) is 2. The average molecular weight is 167 g/mol. The van der Waals surface area contributed by atoms with E-state index in [1.165, 1.54) is 25.8 Å². The quantitative estimate of drug-likeness (QED) is 0.595. The summed E-state index contributed by atoms with van der Waals surface area (Å²) in [6.07, 6.45) is 6.19. The molecular weight excluding hydrogens is 150 g/mol. The first-order chi connectivity index (χ1) is 5.95. The van der Waals surface area contributed by atoms with E-state index in [0.717, 1.165) is 25.7 Å². The standard InChI is InChI=1S/C10H17NO/c1-4-11-8-10(1)7-9-2-5-12-6-3-9/h7,9,11H,1-6,8H2/b10-7-. The fourth-order valence-electron chi connectivity index (χ4n) is 1.94. The van der Waals surface area contributed by atoms with Gasteiger partial charge in [0, 0.05) is 19.8 Å². The highest BCUT2D eigenvalue weighted by Gasteiger charge is 2.13. The lowest BCUT2D eigenvalue weighted by atomic mass is 9.97. The summed E-state index contributed by atoms with van der Waals surface area (Å²) in [7, 11) is 0. The molecule has 68 valence electrons. The highest BCUT2D eigenvalue weighted by molar-refractivity contribution is 5.10. The van der Waals surface area contributed by atoms with E-state index in [1.54, 1.807) is 5.57 Å². The summed E-state index contributed by atoms with van der Waals surface area (Å²) in [5.74, 6) is 0.800. The van der Waals surface area contributed by atoms with Crippen molar-refractivity contribution in [2.45, 2.75) is 19.3 Å². The van der Waals surface area contributed by atoms with Crippen molar-refractivity contribution >= 4 is 0 Å². The van der Waals surface area contributed by atoms with Crippen molar-refractivity contribution in [1.82, 2.24) is 5.32 Å². The Bertz CT molecular complexity index is 163. The van der Waals surface area contributed by atoms with Gasteiger partial charge in [-0.1, -0.05) is 11.6 Å². The van der Waals surface area contributed by atoms with Crippen LogP contribution in [0.3, 0.4) is 0 Å². The lowest BCUT2D eigenvalue weighted by molar-refractivity contribution is 0.0783. The molecule has 2 aliphatic heterocycles. The Morgan fingerprint density at radius 2 is 2.17 bits per heavy atom. The molecule has 12 heavy (non-hydrogen) atoms. The summed E-state index contributed by atoms with van der Waals surface area (Å²) < 4.78 is 5.32. The zero-order chi connectivity index (χ0) is 8.23. The summed E-state index contributed by atoms with van der Waals surface area (Å²) in [6.45, 7) is 4.22. The Hall–Kier alpha value is -0.340. The molecule has 0 amide bonds. The number of ether oxygens (including phenoxy) is 1. The van der Waals surface area contributed by atoms with E-state index >= 15 is 0 Å². The second-order valence-corrected chi connectivity index (χ2v) is 3.70. The fourth-order valence-corrected chi connectivity index (χ4v) is 1.94. The molecule has 0 aromatic rings. The van der Waals surface area contributed by atoms with Crippen molar-refractivity contribution in [2.75, 3.05) is 26.3 Å². The fraction of sp³-hybridized carbons (Fsp3) is 0.800. The van der Waals surface area contributed by atoms with Gasteiger partial charge < -0.3 is 10.1 Å². The van der Waals surface area contributed by atoms with E-state index in [4.69, 9.17) is 4.74 Å².